The first-order valence-electron chi connectivity index (χ1n) is 13.9. The van der Waals surface area contributed by atoms with E-state index in [1.165, 1.54) is 5.56 Å². The zero-order valence-electron chi connectivity index (χ0n) is 23.0. The maximum Gasteiger partial charge on any atom is 0.226 e. The molecule has 1 aliphatic rings. The molecule has 2 heterocycles. The van der Waals surface area contributed by atoms with E-state index in [0.29, 0.717) is 12.5 Å². The molecule has 0 radical (unpaired) electrons. The maximum absolute atomic E-state index is 13.8. The molecule has 6 heteroatoms. The normalized spacial score (nSPS) is 16.3. The van der Waals surface area contributed by atoms with Crippen LogP contribution in [0.5, 0.6) is 0 Å². The number of aromatic nitrogens is 2. The molecule has 1 fully saturated rings. The molecule has 1 saturated heterocycles. The summed E-state index contributed by atoms with van der Waals surface area (Å²) in [4.78, 5) is 21.0. The Balaban J connectivity index is 2.01. The second-order valence-corrected chi connectivity index (χ2v) is 10.0. The molecule has 0 N–H and O–H groups in total. The molecule has 0 spiro atoms. The van der Waals surface area contributed by atoms with Gasteiger partial charge in [0.1, 0.15) is 5.82 Å². The van der Waals surface area contributed by atoms with Gasteiger partial charge in [-0.15, -0.1) is 0 Å². The van der Waals surface area contributed by atoms with Crippen LogP contribution in [0, 0.1) is 12.8 Å². The Labute approximate surface area is 213 Å². The van der Waals surface area contributed by atoms with Crippen molar-refractivity contribution in [3.63, 3.8) is 0 Å². The molecule has 194 valence electrons. The van der Waals surface area contributed by atoms with Crippen LogP contribution < -0.4 is 4.90 Å². The highest BCUT2D eigenvalue weighted by atomic mass is 16.2. The molecule has 3 rings (SSSR count). The summed E-state index contributed by atoms with van der Waals surface area (Å²) in [5.74, 6) is 1.57. The lowest BCUT2D eigenvalue weighted by Crippen LogP contribution is -2.47. The summed E-state index contributed by atoms with van der Waals surface area (Å²) in [5.41, 5.74) is 3.29. The Kier molecular flexibility index (Phi) is 10.2. The summed E-state index contributed by atoms with van der Waals surface area (Å²) in [5, 5.41) is 5.03. The predicted octanol–water partition coefficient (Wildman–Crippen LogP) is 5.67. The summed E-state index contributed by atoms with van der Waals surface area (Å²) in [6.07, 6.45) is 5.07. The predicted molar refractivity (Wildman–Crippen MR) is 146 cm³/mol. The molecule has 0 bridgehead atoms. The number of carbonyl (C=O) groups excluding carboxylic acids is 1. The molecule has 0 unspecified atom stereocenters. The summed E-state index contributed by atoms with van der Waals surface area (Å²) < 4.78 is 2.11. The van der Waals surface area contributed by atoms with Crippen molar-refractivity contribution in [2.75, 3.05) is 37.6 Å². The molecule has 2 aromatic rings. The second kappa shape index (κ2) is 13.1. The van der Waals surface area contributed by atoms with Crippen molar-refractivity contribution in [3.05, 3.63) is 41.6 Å². The van der Waals surface area contributed by atoms with E-state index in [1.54, 1.807) is 0 Å². The average Bonchev–Trinajstić information content (AvgIpc) is 3.23. The average molecular weight is 482 g/mol. The third kappa shape index (κ3) is 6.46. The van der Waals surface area contributed by atoms with E-state index in [-0.39, 0.29) is 12.0 Å². The van der Waals surface area contributed by atoms with Gasteiger partial charge in [0.25, 0.3) is 0 Å². The van der Waals surface area contributed by atoms with Crippen molar-refractivity contribution in [2.24, 2.45) is 5.92 Å². The minimum Gasteiger partial charge on any atom is -0.354 e. The van der Waals surface area contributed by atoms with Crippen molar-refractivity contribution >= 4 is 11.7 Å². The van der Waals surface area contributed by atoms with Crippen LogP contribution in [0.15, 0.2) is 30.3 Å². The fourth-order valence-corrected chi connectivity index (χ4v) is 5.11. The number of carbonyl (C=O) groups is 1. The van der Waals surface area contributed by atoms with E-state index in [2.05, 4.69) is 85.2 Å². The highest BCUT2D eigenvalue weighted by molar-refractivity contribution is 5.79. The molecular formula is C29H47N5O. The number of likely N-dealkylation sites (N-methyl/N-ethyl adjacent to an activating group) is 1. The van der Waals surface area contributed by atoms with Gasteiger partial charge in [-0.2, -0.15) is 5.10 Å². The molecule has 0 aliphatic carbocycles. The van der Waals surface area contributed by atoms with E-state index in [4.69, 9.17) is 5.10 Å². The van der Waals surface area contributed by atoms with Gasteiger partial charge in [-0.1, -0.05) is 58.7 Å². The Morgan fingerprint density at radius 1 is 1.03 bits per heavy atom. The Morgan fingerprint density at radius 2 is 1.71 bits per heavy atom. The van der Waals surface area contributed by atoms with E-state index < -0.39 is 0 Å². The van der Waals surface area contributed by atoms with Gasteiger partial charge < -0.3 is 14.7 Å². The lowest BCUT2D eigenvalue weighted by molar-refractivity contribution is -0.138. The van der Waals surface area contributed by atoms with Crippen LogP contribution in [-0.2, 0) is 11.3 Å². The van der Waals surface area contributed by atoms with Crippen molar-refractivity contribution in [2.45, 2.75) is 86.2 Å². The van der Waals surface area contributed by atoms with Gasteiger partial charge >= 0.3 is 0 Å². The van der Waals surface area contributed by atoms with Crippen LogP contribution in [0.3, 0.4) is 0 Å². The van der Waals surface area contributed by atoms with Gasteiger partial charge in [-0.3, -0.25) is 4.79 Å². The number of rotatable bonds is 12. The first-order valence-corrected chi connectivity index (χ1v) is 13.9. The van der Waals surface area contributed by atoms with Crippen LogP contribution >= 0.6 is 0 Å². The molecule has 1 aliphatic heterocycles. The van der Waals surface area contributed by atoms with Crippen molar-refractivity contribution in [1.29, 1.82) is 0 Å². The van der Waals surface area contributed by atoms with Gasteiger partial charge in [-0.05, 0) is 51.8 Å². The molecule has 6 nitrogen and oxygen atoms in total. The van der Waals surface area contributed by atoms with E-state index in [1.807, 2.05) is 6.07 Å². The second-order valence-electron chi connectivity index (χ2n) is 10.0. The van der Waals surface area contributed by atoms with Crippen molar-refractivity contribution in [1.82, 2.24) is 19.6 Å². The number of para-hydroxylation sites is 1. The monoisotopic (exact) mass is 481 g/mol. The van der Waals surface area contributed by atoms with E-state index >= 15 is 0 Å². The third-order valence-corrected chi connectivity index (χ3v) is 7.76. The van der Waals surface area contributed by atoms with E-state index in [9.17, 15) is 4.79 Å². The molecule has 0 saturated carbocycles. The number of benzene rings is 1. The highest BCUT2D eigenvalue weighted by Gasteiger charge is 2.31. The SMILES string of the molecule is CCCC[C@H](CC)C(=O)N(Cc1c(C)nn(-c2ccccc2)c1N1CCN(CC)CC1)[C@@H](C)CC. The van der Waals surface area contributed by atoms with Crippen LogP contribution in [-0.4, -0.2) is 64.3 Å². The minimum atomic E-state index is 0.102. The van der Waals surface area contributed by atoms with Gasteiger partial charge in [0.05, 0.1) is 17.9 Å². The number of hydrogen-bond donors (Lipinski definition) is 0. The summed E-state index contributed by atoms with van der Waals surface area (Å²) in [7, 11) is 0. The molecule has 35 heavy (non-hydrogen) atoms. The number of anilines is 1. The number of piperazine rings is 1. The maximum atomic E-state index is 13.8. The Morgan fingerprint density at radius 3 is 2.29 bits per heavy atom. The molecule has 2 atom stereocenters. The van der Waals surface area contributed by atoms with Gasteiger partial charge in [0.2, 0.25) is 5.91 Å². The fourth-order valence-electron chi connectivity index (χ4n) is 5.11. The molecule has 1 aromatic heterocycles. The van der Waals surface area contributed by atoms with E-state index in [0.717, 1.165) is 82.0 Å². The first kappa shape index (κ1) is 27.3. The lowest BCUT2D eigenvalue weighted by atomic mass is 9.96. The topological polar surface area (TPSA) is 44.6 Å². The lowest BCUT2D eigenvalue weighted by Gasteiger charge is -2.37. The summed E-state index contributed by atoms with van der Waals surface area (Å²) in [6, 6.07) is 10.6. The number of unbranched alkanes of at least 4 members (excludes halogenated alkanes) is 1. The number of aryl methyl sites for hydroxylation is 1. The largest absolute Gasteiger partial charge is 0.354 e. The smallest absolute Gasteiger partial charge is 0.226 e. The Hall–Kier alpha value is -2.34. The molecule has 1 aromatic carbocycles. The van der Waals surface area contributed by atoms with Crippen molar-refractivity contribution < 1.29 is 4.79 Å². The zero-order chi connectivity index (χ0) is 25.4. The highest BCUT2D eigenvalue weighted by Crippen LogP contribution is 2.31. The van der Waals surface area contributed by atoms with Crippen LogP contribution in [0.1, 0.15) is 78.0 Å². The minimum absolute atomic E-state index is 0.102. The van der Waals surface area contributed by atoms with Gasteiger partial charge in [0, 0.05) is 43.7 Å². The number of nitrogens with zero attached hydrogens (tertiary/aromatic N) is 5. The van der Waals surface area contributed by atoms with Crippen molar-refractivity contribution in [3.8, 4) is 5.69 Å². The summed E-state index contributed by atoms with van der Waals surface area (Å²) >= 11 is 0. The quantitative estimate of drug-likeness (QED) is 0.392. The summed E-state index contributed by atoms with van der Waals surface area (Å²) in [6.45, 7) is 18.8. The standard InChI is InChI=1S/C29H47N5O/c1-7-11-15-25(9-3)29(35)33(23(5)8-2)22-27-24(6)30-34(26-16-13-12-14-17-26)28(27)32-20-18-31(10-4)19-21-32/h12-14,16-17,23,25H,7-11,15,18-22H2,1-6H3/t23-,25-/m0/s1. The zero-order valence-corrected chi connectivity index (χ0v) is 23.0. The Bertz CT molecular complexity index is 917. The van der Waals surface area contributed by atoms with Gasteiger partial charge in [0.15, 0.2) is 0 Å². The molecular weight excluding hydrogens is 434 g/mol. The van der Waals surface area contributed by atoms with Gasteiger partial charge in [-0.25, -0.2) is 4.68 Å². The molecule has 1 amide bonds. The number of hydrogen-bond acceptors (Lipinski definition) is 4. The third-order valence-electron chi connectivity index (χ3n) is 7.76. The first-order chi connectivity index (χ1) is 16.9. The fraction of sp³-hybridized carbons (Fsp3) is 0.655. The number of amides is 1. The van der Waals surface area contributed by atoms with Crippen LogP contribution in [0.25, 0.3) is 5.69 Å². The van der Waals surface area contributed by atoms with Crippen LogP contribution in [0.4, 0.5) is 5.82 Å². The van der Waals surface area contributed by atoms with Crippen LogP contribution in [0.2, 0.25) is 0 Å².